The lowest BCUT2D eigenvalue weighted by molar-refractivity contribution is 0.100. The van der Waals surface area contributed by atoms with Crippen molar-refractivity contribution >= 4 is 21.7 Å². The number of hydrogen-bond donors (Lipinski definition) is 2. The normalized spacial score (nSPS) is 10.2. The predicted molar refractivity (Wildman–Crippen MR) is 72.3 cm³/mol. The van der Waals surface area contributed by atoms with E-state index in [2.05, 4.69) is 10.9 Å². The van der Waals surface area contributed by atoms with Gasteiger partial charge in [-0.25, -0.2) is 8.42 Å². The van der Waals surface area contributed by atoms with E-state index in [0.717, 1.165) is 18.4 Å². The highest BCUT2D eigenvalue weighted by molar-refractivity contribution is 7.90. The molecular formula is C12H10N4O3S. The van der Waals surface area contributed by atoms with Crippen LogP contribution in [0, 0.1) is 23.7 Å². The highest BCUT2D eigenvalue weighted by atomic mass is 32.2. The van der Waals surface area contributed by atoms with Gasteiger partial charge in [-0.15, -0.1) is 6.42 Å². The van der Waals surface area contributed by atoms with Crippen molar-refractivity contribution in [2.24, 2.45) is 16.5 Å². The van der Waals surface area contributed by atoms with E-state index >= 15 is 0 Å². The Morgan fingerprint density at radius 3 is 2.35 bits per heavy atom. The molecule has 0 unspecified atom stereocenters. The molecule has 0 aliphatic rings. The average molecular weight is 290 g/mol. The van der Waals surface area contributed by atoms with Crippen molar-refractivity contribution in [2.45, 2.75) is 4.90 Å². The highest BCUT2D eigenvalue weighted by Gasteiger charge is 2.20. The molecule has 0 radical (unpaired) electrons. The Kier molecular flexibility index (Phi) is 4.13. The standard InChI is InChI=1S/C12H10N4O3S/c1-3-7-4-8(6-13)10(20(2,18)19)5-9(7)11(17)16-12(14)15/h1,4-5H,2H3,(H4,14,15,16,17). The molecule has 20 heavy (non-hydrogen) atoms. The molecule has 0 spiro atoms. The monoisotopic (exact) mass is 290 g/mol. The Bertz CT molecular complexity index is 791. The number of carbonyl (C=O) groups is 1. The fourth-order valence-electron chi connectivity index (χ4n) is 1.45. The van der Waals surface area contributed by atoms with Gasteiger partial charge in [0.05, 0.1) is 16.0 Å². The van der Waals surface area contributed by atoms with Crippen LogP contribution < -0.4 is 11.5 Å². The van der Waals surface area contributed by atoms with Crippen LogP contribution in [0.3, 0.4) is 0 Å². The van der Waals surface area contributed by atoms with Gasteiger partial charge >= 0.3 is 0 Å². The van der Waals surface area contributed by atoms with Crippen molar-refractivity contribution in [2.75, 3.05) is 6.26 Å². The molecule has 0 atom stereocenters. The number of rotatable bonds is 2. The maximum atomic E-state index is 11.8. The molecule has 1 aromatic carbocycles. The molecular weight excluding hydrogens is 280 g/mol. The molecule has 0 aliphatic carbocycles. The van der Waals surface area contributed by atoms with Gasteiger partial charge in [0.1, 0.15) is 6.07 Å². The minimum absolute atomic E-state index is 0.0314. The number of sulfone groups is 1. The lowest BCUT2D eigenvalue weighted by atomic mass is 10.0. The lowest BCUT2D eigenvalue weighted by Crippen LogP contribution is -2.24. The Morgan fingerprint density at radius 2 is 1.95 bits per heavy atom. The lowest BCUT2D eigenvalue weighted by Gasteiger charge is -2.06. The number of hydrogen-bond acceptors (Lipinski definition) is 4. The number of nitrogens with zero attached hydrogens (tertiary/aromatic N) is 2. The van der Waals surface area contributed by atoms with Gasteiger partial charge in [0.15, 0.2) is 15.8 Å². The summed E-state index contributed by atoms with van der Waals surface area (Å²) in [6.45, 7) is 0. The van der Waals surface area contributed by atoms with Crippen LogP contribution in [0.4, 0.5) is 0 Å². The third-order valence-electron chi connectivity index (χ3n) is 2.26. The molecule has 0 aromatic heterocycles. The smallest absolute Gasteiger partial charge is 0.281 e. The van der Waals surface area contributed by atoms with Gasteiger partial charge in [0.25, 0.3) is 5.91 Å². The first-order chi connectivity index (χ1) is 9.20. The first-order valence-electron chi connectivity index (χ1n) is 5.09. The predicted octanol–water partition coefficient (Wildman–Crippen LogP) is -0.643. The molecule has 1 aromatic rings. The Balaban J connectivity index is 3.71. The van der Waals surface area contributed by atoms with Crippen LogP contribution in [0.1, 0.15) is 21.5 Å². The first kappa shape index (κ1) is 15.2. The van der Waals surface area contributed by atoms with Gasteiger partial charge in [0, 0.05) is 11.8 Å². The Labute approximate surface area is 115 Å². The summed E-state index contributed by atoms with van der Waals surface area (Å²) in [7, 11) is -3.71. The quantitative estimate of drug-likeness (QED) is 0.421. The van der Waals surface area contributed by atoms with Crippen LogP contribution in [0.5, 0.6) is 0 Å². The fraction of sp³-hybridized carbons (Fsp3) is 0.0833. The van der Waals surface area contributed by atoms with Crippen molar-refractivity contribution in [3.63, 3.8) is 0 Å². The van der Waals surface area contributed by atoms with Crippen molar-refractivity contribution in [3.8, 4) is 18.4 Å². The van der Waals surface area contributed by atoms with E-state index in [4.69, 9.17) is 23.2 Å². The van der Waals surface area contributed by atoms with E-state index in [1.165, 1.54) is 0 Å². The number of benzene rings is 1. The molecule has 7 nitrogen and oxygen atoms in total. The molecule has 4 N–H and O–H groups in total. The molecule has 8 heteroatoms. The van der Waals surface area contributed by atoms with E-state index in [1.54, 1.807) is 6.07 Å². The van der Waals surface area contributed by atoms with Gasteiger partial charge in [-0.3, -0.25) is 4.79 Å². The van der Waals surface area contributed by atoms with Crippen molar-refractivity contribution < 1.29 is 13.2 Å². The molecule has 0 heterocycles. The molecule has 0 saturated heterocycles. The molecule has 0 aliphatic heterocycles. The summed E-state index contributed by atoms with van der Waals surface area (Å²) in [6, 6.07) is 3.84. The third-order valence-corrected chi connectivity index (χ3v) is 3.39. The summed E-state index contributed by atoms with van der Waals surface area (Å²) >= 11 is 0. The number of amides is 1. The number of nitriles is 1. The van der Waals surface area contributed by atoms with Gasteiger partial charge in [0.2, 0.25) is 0 Å². The second-order valence-corrected chi connectivity index (χ2v) is 5.75. The summed E-state index contributed by atoms with van der Waals surface area (Å²) in [5.74, 6) is 0.820. The first-order valence-corrected chi connectivity index (χ1v) is 6.98. The molecule has 0 bridgehead atoms. The second-order valence-electron chi connectivity index (χ2n) is 3.76. The Morgan fingerprint density at radius 1 is 1.35 bits per heavy atom. The molecule has 0 saturated carbocycles. The van der Waals surface area contributed by atoms with Gasteiger partial charge in [-0.1, -0.05) is 5.92 Å². The Hall–Kier alpha value is -2.84. The fourth-order valence-corrected chi connectivity index (χ4v) is 2.28. The summed E-state index contributed by atoms with van der Waals surface area (Å²) in [4.78, 5) is 14.8. The van der Waals surface area contributed by atoms with Crippen LogP contribution in [-0.2, 0) is 9.84 Å². The van der Waals surface area contributed by atoms with Gasteiger partial charge < -0.3 is 11.5 Å². The SMILES string of the molecule is C#Cc1cc(C#N)c(S(C)(=O)=O)cc1C(=O)N=C(N)N. The van der Waals surface area contributed by atoms with Crippen molar-refractivity contribution in [1.82, 2.24) is 0 Å². The molecule has 1 amide bonds. The maximum Gasteiger partial charge on any atom is 0.281 e. The zero-order chi connectivity index (χ0) is 15.5. The molecule has 1 rings (SSSR count). The van der Waals surface area contributed by atoms with Crippen LogP contribution in [0.25, 0.3) is 0 Å². The van der Waals surface area contributed by atoms with Crippen molar-refractivity contribution in [1.29, 1.82) is 5.26 Å². The van der Waals surface area contributed by atoms with E-state index in [0.29, 0.717) is 0 Å². The van der Waals surface area contributed by atoms with E-state index in [9.17, 15) is 13.2 Å². The van der Waals surface area contributed by atoms with Crippen molar-refractivity contribution in [3.05, 3.63) is 28.8 Å². The topological polar surface area (TPSA) is 139 Å². The third kappa shape index (κ3) is 3.13. The molecule has 102 valence electrons. The van der Waals surface area contributed by atoms with Crippen LogP contribution in [0.15, 0.2) is 22.0 Å². The number of aliphatic imine (C=N–C) groups is 1. The maximum absolute atomic E-state index is 11.8. The van der Waals surface area contributed by atoms with Crippen LogP contribution in [-0.4, -0.2) is 26.5 Å². The number of nitrogens with two attached hydrogens (primary N) is 2. The van der Waals surface area contributed by atoms with Crippen LogP contribution >= 0.6 is 0 Å². The average Bonchev–Trinajstić information content (AvgIpc) is 2.34. The second kappa shape index (κ2) is 5.43. The summed E-state index contributed by atoms with van der Waals surface area (Å²) in [6.07, 6.45) is 6.14. The van der Waals surface area contributed by atoms with Crippen LogP contribution in [0.2, 0.25) is 0 Å². The summed E-state index contributed by atoms with van der Waals surface area (Å²) in [5.41, 5.74) is 9.89. The largest absolute Gasteiger partial charge is 0.370 e. The highest BCUT2D eigenvalue weighted by Crippen LogP contribution is 2.21. The zero-order valence-corrected chi connectivity index (χ0v) is 11.2. The summed E-state index contributed by atoms with van der Waals surface area (Å²) in [5, 5.41) is 8.94. The zero-order valence-electron chi connectivity index (χ0n) is 10.4. The van der Waals surface area contributed by atoms with E-state index < -0.39 is 21.7 Å². The number of carbonyl (C=O) groups excluding carboxylic acids is 1. The van der Waals surface area contributed by atoms with Gasteiger partial charge in [-0.2, -0.15) is 10.3 Å². The minimum atomic E-state index is -3.71. The molecule has 0 fully saturated rings. The minimum Gasteiger partial charge on any atom is -0.370 e. The van der Waals surface area contributed by atoms with E-state index in [-0.39, 0.29) is 21.6 Å². The number of guanidine groups is 1. The summed E-state index contributed by atoms with van der Waals surface area (Å²) < 4.78 is 23.2. The number of terminal acetylenes is 1. The van der Waals surface area contributed by atoms with E-state index in [1.807, 2.05) is 0 Å². The van der Waals surface area contributed by atoms with Gasteiger partial charge in [-0.05, 0) is 12.1 Å².